The molecular formula is C12H21NO2S. The van der Waals surface area contributed by atoms with E-state index >= 15 is 0 Å². The van der Waals surface area contributed by atoms with Crippen LogP contribution in [-0.2, 0) is 17.0 Å². The maximum atomic E-state index is 5.66. The van der Waals surface area contributed by atoms with Crippen LogP contribution in [-0.4, -0.2) is 26.0 Å². The molecule has 1 aromatic rings. The van der Waals surface area contributed by atoms with Crippen LogP contribution in [0.1, 0.15) is 24.9 Å². The molecule has 0 radical (unpaired) electrons. The van der Waals surface area contributed by atoms with Crippen LogP contribution in [0.4, 0.5) is 0 Å². The Morgan fingerprint density at radius 3 is 2.88 bits per heavy atom. The molecule has 0 saturated heterocycles. The summed E-state index contributed by atoms with van der Waals surface area (Å²) < 4.78 is 10.7. The second-order valence-corrected chi connectivity index (χ2v) is 4.73. The molecule has 0 aliphatic carbocycles. The largest absolute Gasteiger partial charge is 0.464 e. The average Bonchev–Trinajstić information content (AvgIpc) is 2.72. The van der Waals surface area contributed by atoms with Crippen molar-refractivity contribution in [1.82, 2.24) is 5.32 Å². The number of rotatable bonds is 8. The Kier molecular flexibility index (Phi) is 6.61. The summed E-state index contributed by atoms with van der Waals surface area (Å²) in [5, 5.41) is 3.41. The molecule has 92 valence electrons. The number of thioether (sulfide) groups is 1. The summed E-state index contributed by atoms with van der Waals surface area (Å²) in [6.45, 7) is 3.74. The van der Waals surface area contributed by atoms with Gasteiger partial charge in [0.2, 0.25) is 0 Å². The molecular weight excluding hydrogens is 222 g/mol. The van der Waals surface area contributed by atoms with Crippen LogP contribution in [0.2, 0.25) is 0 Å². The zero-order valence-electron chi connectivity index (χ0n) is 10.3. The summed E-state index contributed by atoms with van der Waals surface area (Å²) >= 11 is 1.77. The van der Waals surface area contributed by atoms with Gasteiger partial charge in [0.1, 0.15) is 11.5 Å². The third-order valence-electron chi connectivity index (χ3n) is 2.38. The first-order chi connectivity index (χ1) is 7.76. The molecule has 0 amide bonds. The first kappa shape index (κ1) is 13.6. The van der Waals surface area contributed by atoms with Gasteiger partial charge in [-0.1, -0.05) is 0 Å². The number of methoxy groups -OCH3 is 1. The van der Waals surface area contributed by atoms with E-state index in [2.05, 4.69) is 18.5 Å². The standard InChI is InChI=1S/C12H21NO2S/c1-10(6-7-14-2)13-8-11-4-5-12(15-11)9-16-3/h4-5,10,13H,6-9H2,1-3H3. The van der Waals surface area contributed by atoms with Crippen LogP contribution in [0.3, 0.4) is 0 Å². The highest BCUT2D eigenvalue weighted by Gasteiger charge is 2.04. The second-order valence-electron chi connectivity index (χ2n) is 3.86. The maximum Gasteiger partial charge on any atom is 0.118 e. The zero-order chi connectivity index (χ0) is 11.8. The van der Waals surface area contributed by atoms with E-state index in [1.54, 1.807) is 18.9 Å². The molecule has 0 spiro atoms. The van der Waals surface area contributed by atoms with Gasteiger partial charge in [-0.15, -0.1) is 0 Å². The van der Waals surface area contributed by atoms with E-state index in [-0.39, 0.29) is 0 Å². The third kappa shape index (κ3) is 5.05. The van der Waals surface area contributed by atoms with Crippen molar-refractivity contribution in [2.24, 2.45) is 0 Å². The minimum Gasteiger partial charge on any atom is -0.464 e. The Morgan fingerprint density at radius 2 is 2.19 bits per heavy atom. The smallest absolute Gasteiger partial charge is 0.118 e. The van der Waals surface area contributed by atoms with E-state index in [1.165, 1.54) is 0 Å². The van der Waals surface area contributed by atoms with Gasteiger partial charge < -0.3 is 14.5 Å². The molecule has 0 aliphatic rings. The van der Waals surface area contributed by atoms with E-state index in [0.29, 0.717) is 6.04 Å². The van der Waals surface area contributed by atoms with Gasteiger partial charge in [-0.05, 0) is 31.7 Å². The predicted molar refractivity (Wildman–Crippen MR) is 68.7 cm³/mol. The SMILES string of the molecule is COCCC(C)NCc1ccc(CSC)o1. The molecule has 1 unspecified atom stereocenters. The van der Waals surface area contributed by atoms with Gasteiger partial charge >= 0.3 is 0 Å². The summed E-state index contributed by atoms with van der Waals surface area (Å²) in [6, 6.07) is 4.55. The van der Waals surface area contributed by atoms with Crippen LogP contribution in [0.25, 0.3) is 0 Å². The lowest BCUT2D eigenvalue weighted by Gasteiger charge is -2.11. The fourth-order valence-corrected chi connectivity index (χ4v) is 1.85. The molecule has 1 N–H and O–H groups in total. The fraction of sp³-hybridized carbons (Fsp3) is 0.667. The summed E-state index contributed by atoms with van der Waals surface area (Å²) in [6.07, 6.45) is 3.10. The lowest BCUT2D eigenvalue weighted by atomic mass is 10.2. The van der Waals surface area contributed by atoms with Crippen LogP contribution < -0.4 is 5.32 Å². The van der Waals surface area contributed by atoms with Crippen molar-refractivity contribution in [3.05, 3.63) is 23.7 Å². The summed E-state index contributed by atoms with van der Waals surface area (Å²) in [7, 11) is 1.73. The molecule has 3 nitrogen and oxygen atoms in total. The number of ether oxygens (including phenoxy) is 1. The highest BCUT2D eigenvalue weighted by atomic mass is 32.2. The van der Waals surface area contributed by atoms with Crippen molar-refractivity contribution in [2.45, 2.75) is 31.7 Å². The molecule has 1 heterocycles. The van der Waals surface area contributed by atoms with Gasteiger partial charge in [0, 0.05) is 19.8 Å². The Morgan fingerprint density at radius 1 is 1.44 bits per heavy atom. The summed E-state index contributed by atoms with van der Waals surface area (Å²) in [4.78, 5) is 0. The number of hydrogen-bond donors (Lipinski definition) is 1. The van der Waals surface area contributed by atoms with E-state index in [1.807, 2.05) is 12.1 Å². The number of furan rings is 1. The first-order valence-electron chi connectivity index (χ1n) is 5.55. The molecule has 0 fully saturated rings. The van der Waals surface area contributed by atoms with E-state index in [9.17, 15) is 0 Å². The van der Waals surface area contributed by atoms with E-state index in [0.717, 1.165) is 36.8 Å². The molecule has 1 aromatic heterocycles. The second kappa shape index (κ2) is 7.76. The van der Waals surface area contributed by atoms with E-state index < -0.39 is 0 Å². The molecule has 16 heavy (non-hydrogen) atoms. The molecule has 0 aromatic carbocycles. The highest BCUT2D eigenvalue weighted by molar-refractivity contribution is 7.97. The Balaban J connectivity index is 2.25. The molecule has 0 saturated carbocycles. The van der Waals surface area contributed by atoms with Gasteiger partial charge in [0.15, 0.2) is 0 Å². The monoisotopic (exact) mass is 243 g/mol. The highest BCUT2D eigenvalue weighted by Crippen LogP contribution is 2.13. The average molecular weight is 243 g/mol. The lowest BCUT2D eigenvalue weighted by Crippen LogP contribution is -2.26. The lowest BCUT2D eigenvalue weighted by molar-refractivity contribution is 0.184. The van der Waals surface area contributed by atoms with Crippen LogP contribution in [0.15, 0.2) is 16.5 Å². The number of nitrogens with one attached hydrogen (secondary N) is 1. The predicted octanol–water partition coefficient (Wildman–Crippen LogP) is 2.66. The van der Waals surface area contributed by atoms with Crippen molar-refractivity contribution in [1.29, 1.82) is 0 Å². The van der Waals surface area contributed by atoms with Crippen LogP contribution >= 0.6 is 11.8 Å². The van der Waals surface area contributed by atoms with Gasteiger partial charge in [-0.25, -0.2) is 0 Å². The number of hydrogen-bond acceptors (Lipinski definition) is 4. The molecule has 1 rings (SSSR count). The maximum absolute atomic E-state index is 5.66. The fourth-order valence-electron chi connectivity index (χ4n) is 1.41. The van der Waals surface area contributed by atoms with Crippen molar-refractivity contribution >= 4 is 11.8 Å². The first-order valence-corrected chi connectivity index (χ1v) is 6.94. The van der Waals surface area contributed by atoms with Crippen molar-refractivity contribution < 1.29 is 9.15 Å². The van der Waals surface area contributed by atoms with Gasteiger partial charge in [0.05, 0.1) is 12.3 Å². The Hall–Kier alpha value is -0.450. The van der Waals surface area contributed by atoms with Crippen molar-refractivity contribution in [3.8, 4) is 0 Å². The van der Waals surface area contributed by atoms with Crippen LogP contribution in [0, 0.1) is 0 Å². The van der Waals surface area contributed by atoms with E-state index in [4.69, 9.17) is 9.15 Å². The summed E-state index contributed by atoms with van der Waals surface area (Å²) in [5.74, 6) is 3.00. The quantitative estimate of drug-likeness (QED) is 0.761. The van der Waals surface area contributed by atoms with Gasteiger partial charge in [-0.3, -0.25) is 0 Å². The zero-order valence-corrected chi connectivity index (χ0v) is 11.1. The van der Waals surface area contributed by atoms with Crippen molar-refractivity contribution in [3.63, 3.8) is 0 Å². The van der Waals surface area contributed by atoms with Crippen molar-refractivity contribution in [2.75, 3.05) is 20.0 Å². The molecule has 0 bridgehead atoms. The van der Waals surface area contributed by atoms with Gasteiger partial charge in [0.25, 0.3) is 0 Å². The minimum atomic E-state index is 0.453. The summed E-state index contributed by atoms with van der Waals surface area (Å²) in [5.41, 5.74) is 0. The molecule has 1 atom stereocenters. The van der Waals surface area contributed by atoms with Crippen LogP contribution in [0.5, 0.6) is 0 Å². The third-order valence-corrected chi connectivity index (χ3v) is 2.96. The Labute approximate surface area is 102 Å². The molecule has 0 aliphatic heterocycles. The Bertz CT molecular complexity index is 288. The normalized spacial score (nSPS) is 12.9. The molecule has 4 heteroatoms. The van der Waals surface area contributed by atoms with Gasteiger partial charge in [-0.2, -0.15) is 11.8 Å². The topological polar surface area (TPSA) is 34.4 Å². The minimum absolute atomic E-state index is 0.453.